The average molecular weight is 171 g/mol. The lowest BCUT2D eigenvalue weighted by molar-refractivity contribution is -0.119. The third-order valence-corrected chi connectivity index (χ3v) is 1.20. The fourth-order valence-corrected chi connectivity index (χ4v) is 0.519. The highest BCUT2D eigenvalue weighted by Crippen LogP contribution is 1.78. The Morgan fingerprint density at radius 1 is 1.67 bits per heavy atom. The van der Waals surface area contributed by atoms with Crippen molar-refractivity contribution in [1.29, 1.82) is 0 Å². The van der Waals surface area contributed by atoms with E-state index in [0.29, 0.717) is 0 Å². The summed E-state index contributed by atoms with van der Waals surface area (Å²) in [6.45, 7) is 5.40. The van der Waals surface area contributed by atoms with E-state index in [0.717, 1.165) is 0 Å². The summed E-state index contributed by atoms with van der Waals surface area (Å²) in [6.07, 6.45) is 1.65. The Kier molecular flexibility index (Phi) is 4.71. The van der Waals surface area contributed by atoms with Crippen LogP contribution in [0.2, 0.25) is 0 Å². The third kappa shape index (κ3) is 5.43. The van der Waals surface area contributed by atoms with E-state index in [2.05, 4.69) is 11.9 Å². The lowest BCUT2D eigenvalue weighted by Crippen LogP contribution is -2.42. The molecule has 1 unspecified atom stereocenters. The lowest BCUT2D eigenvalue weighted by atomic mass is 10.3. The smallest absolute Gasteiger partial charge is 0.318 e. The molecule has 4 N–H and O–H groups in total. The van der Waals surface area contributed by atoms with Gasteiger partial charge in [-0.05, 0) is 6.92 Å². The van der Waals surface area contributed by atoms with Crippen LogP contribution in [0.4, 0.5) is 4.79 Å². The first-order valence-corrected chi connectivity index (χ1v) is 3.51. The van der Waals surface area contributed by atoms with Crippen molar-refractivity contribution >= 4 is 11.9 Å². The molecule has 68 valence electrons. The fraction of sp³-hybridized carbons (Fsp3) is 0.429. The Bertz CT molecular complexity index is 191. The van der Waals surface area contributed by atoms with Crippen LogP contribution in [0.15, 0.2) is 12.7 Å². The molecule has 0 aromatic carbocycles. The van der Waals surface area contributed by atoms with Gasteiger partial charge in [0.25, 0.3) is 0 Å². The number of primary amides is 1. The molecule has 0 aromatic heterocycles. The molecule has 0 spiro atoms. The second-order valence-electron chi connectivity index (χ2n) is 2.32. The van der Waals surface area contributed by atoms with E-state index in [4.69, 9.17) is 5.73 Å². The van der Waals surface area contributed by atoms with Crippen molar-refractivity contribution in [3.05, 3.63) is 12.7 Å². The molecule has 0 aliphatic rings. The molecule has 0 aliphatic carbocycles. The molecular formula is C7H13N3O2. The Hall–Kier alpha value is -1.36. The van der Waals surface area contributed by atoms with E-state index >= 15 is 0 Å². The van der Waals surface area contributed by atoms with Gasteiger partial charge < -0.3 is 11.1 Å². The van der Waals surface area contributed by atoms with E-state index in [1.807, 2.05) is 12.2 Å². The average Bonchev–Trinajstić information content (AvgIpc) is 1.99. The summed E-state index contributed by atoms with van der Waals surface area (Å²) in [5, 5.41) is 4.72. The molecule has 3 amide bonds. The largest absolute Gasteiger partial charge is 0.351 e. The van der Waals surface area contributed by atoms with Crippen LogP contribution in [-0.2, 0) is 4.79 Å². The molecule has 0 heterocycles. The summed E-state index contributed by atoms with van der Waals surface area (Å²) in [7, 11) is 0. The SMILES string of the molecule is C=CC(C)NCC(=O)NC(N)=O. The molecule has 0 aliphatic heterocycles. The first kappa shape index (κ1) is 10.6. The van der Waals surface area contributed by atoms with Crippen LogP contribution in [0.3, 0.4) is 0 Å². The summed E-state index contributed by atoms with van der Waals surface area (Å²) in [5.41, 5.74) is 4.71. The van der Waals surface area contributed by atoms with Gasteiger partial charge in [0.05, 0.1) is 6.54 Å². The number of urea groups is 1. The number of nitrogens with one attached hydrogen (secondary N) is 2. The third-order valence-electron chi connectivity index (χ3n) is 1.20. The number of carbonyl (C=O) groups excluding carboxylic acids is 2. The predicted octanol–water partition coefficient (Wildman–Crippen LogP) is -0.655. The number of rotatable bonds is 4. The minimum absolute atomic E-state index is 0.0311. The van der Waals surface area contributed by atoms with Gasteiger partial charge in [-0.15, -0.1) is 6.58 Å². The van der Waals surface area contributed by atoms with E-state index in [1.54, 1.807) is 6.08 Å². The van der Waals surface area contributed by atoms with Crippen LogP contribution < -0.4 is 16.4 Å². The van der Waals surface area contributed by atoms with Crippen molar-refractivity contribution < 1.29 is 9.59 Å². The highest BCUT2D eigenvalue weighted by atomic mass is 16.2. The van der Waals surface area contributed by atoms with E-state index in [9.17, 15) is 9.59 Å². The van der Waals surface area contributed by atoms with Crippen LogP contribution in [0.25, 0.3) is 0 Å². The van der Waals surface area contributed by atoms with Gasteiger partial charge in [0.15, 0.2) is 0 Å². The minimum atomic E-state index is -0.840. The molecule has 12 heavy (non-hydrogen) atoms. The number of imide groups is 1. The zero-order valence-electron chi connectivity index (χ0n) is 6.96. The number of hydrogen-bond acceptors (Lipinski definition) is 3. The monoisotopic (exact) mass is 171 g/mol. The standard InChI is InChI=1S/C7H13N3O2/c1-3-5(2)9-4-6(11)10-7(8)12/h3,5,9H,1,4H2,2H3,(H3,8,10,11,12). The molecule has 1 atom stereocenters. The Morgan fingerprint density at radius 2 is 2.25 bits per heavy atom. The molecule has 0 fully saturated rings. The Labute approximate surface area is 71.0 Å². The van der Waals surface area contributed by atoms with Gasteiger partial charge in [-0.25, -0.2) is 4.79 Å². The van der Waals surface area contributed by atoms with Crippen molar-refractivity contribution in [2.24, 2.45) is 5.73 Å². The molecule has 0 aromatic rings. The van der Waals surface area contributed by atoms with Crippen LogP contribution in [0, 0.1) is 0 Å². The van der Waals surface area contributed by atoms with Gasteiger partial charge in [-0.2, -0.15) is 0 Å². The molecule has 5 nitrogen and oxygen atoms in total. The van der Waals surface area contributed by atoms with Gasteiger partial charge in [-0.1, -0.05) is 6.08 Å². The summed E-state index contributed by atoms with van der Waals surface area (Å²) in [4.78, 5) is 20.9. The number of carbonyl (C=O) groups is 2. The molecule has 0 bridgehead atoms. The van der Waals surface area contributed by atoms with Crippen molar-refractivity contribution in [2.45, 2.75) is 13.0 Å². The first-order chi connectivity index (χ1) is 5.56. The van der Waals surface area contributed by atoms with E-state index in [1.165, 1.54) is 0 Å². The van der Waals surface area contributed by atoms with Gasteiger partial charge in [0, 0.05) is 6.04 Å². The summed E-state index contributed by atoms with van der Waals surface area (Å²) < 4.78 is 0. The Balaban J connectivity index is 3.57. The zero-order chi connectivity index (χ0) is 9.56. The predicted molar refractivity (Wildman–Crippen MR) is 45.4 cm³/mol. The van der Waals surface area contributed by atoms with Crippen LogP contribution >= 0.6 is 0 Å². The topological polar surface area (TPSA) is 84.2 Å². The molecule has 0 saturated heterocycles. The van der Waals surface area contributed by atoms with Crippen molar-refractivity contribution in [3.63, 3.8) is 0 Å². The van der Waals surface area contributed by atoms with Crippen molar-refractivity contribution in [1.82, 2.24) is 10.6 Å². The lowest BCUT2D eigenvalue weighted by Gasteiger charge is -2.07. The van der Waals surface area contributed by atoms with Crippen molar-refractivity contribution in [2.75, 3.05) is 6.54 Å². The highest BCUT2D eigenvalue weighted by Gasteiger charge is 2.03. The highest BCUT2D eigenvalue weighted by molar-refractivity contribution is 5.94. The maximum atomic E-state index is 10.8. The van der Waals surface area contributed by atoms with Gasteiger partial charge in [0.1, 0.15) is 0 Å². The molecule has 0 radical (unpaired) electrons. The normalized spacial score (nSPS) is 11.8. The molecule has 0 rings (SSSR count). The van der Waals surface area contributed by atoms with Crippen LogP contribution in [0.1, 0.15) is 6.92 Å². The van der Waals surface area contributed by atoms with E-state index in [-0.39, 0.29) is 12.6 Å². The van der Waals surface area contributed by atoms with Gasteiger partial charge >= 0.3 is 6.03 Å². The minimum Gasteiger partial charge on any atom is -0.351 e. The van der Waals surface area contributed by atoms with E-state index < -0.39 is 11.9 Å². The molecule has 5 heteroatoms. The van der Waals surface area contributed by atoms with Gasteiger partial charge in [-0.3, -0.25) is 10.1 Å². The number of nitrogens with two attached hydrogens (primary N) is 1. The summed E-state index contributed by atoms with van der Waals surface area (Å²) in [6, 6.07) is -0.809. The summed E-state index contributed by atoms with van der Waals surface area (Å²) >= 11 is 0. The van der Waals surface area contributed by atoms with Gasteiger partial charge in [0.2, 0.25) is 5.91 Å². The first-order valence-electron chi connectivity index (χ1n) is 3.51. The number of amides is 3. The second-order valence-corrected chi connectivity index (χ2v) is 2.32. The van der Waals surface area contributed by atoms with Crippen LogP contribution in [-0.4, -0.2) is 24.5 Å². The maximum absolute atomic E-state index is 10.8. The molecular weight excluding hydrogens is 158 g/mol. The zero-order valence-corrected chi connectivity index (χ0v) is 6.96. The Morgan fingerprint density at radius 3 is 2.67 bits per heavy atom. The van der Waals surface area contributed by atoms with Crippen molar-refractivity contribution in [3.8, 4) is 0 Å². The molecule has 0 saturated carbocycles. The number of hydrogen-bond donors (Lipinski definition) is 3. The summed E-state index contributed by atoms with van der Waals surface area (Å²) in [5.74, 6) is -0.448. The van der Waals surface area contributed by atoms with Crippen LogP contribution in [0.5, 0.6) is 0 Å². The second kappa shape index (κ2) is 5.31. The maximum Gasteiger partial charge on any atom is 0.318 e. The quantitative estimate of drug-likeness (QED) is 0.491. The fourth-order valence-electron chi connectivity index (χ4n) is 0.519.